The molecule has 3 aromatic rings. The maximum absolute atomic E-state index is 13.1. The van der Waals surface area contributed by atoms with Gasteiger partial charge < -0.3 is 14.8 Å². The molecule has 1 amide bonds. The van der Waals surface area contributed by atoms with Gasteiger partial charge in [-0.25, -0.2) is 9.37 Å². The van der Waals surface area contributed by atoms with E-state index in [2.05, 4.69) is 14.9 Å². The molecule has 1 aliphatic heterocycles. The van der Waals surface area contributed by atoms with Gasteiger partial charge in [0.2, 0.25) is 5.91 Å². The van der Waals surface area contributed by atoms with Gasteiger partial charge in [0.05, 0.1) is 16.9 Å². The van der Waals surface area contributed by atoms with Crippen LogP contribution in [0.5, 0.6) is 0 Å². The van der Waals surface area contributed by atoms with Crippen molar-refractivity contribution in [3.63, 3.8) is 0 Å². The standard InChI is InChI=1S/C23H25FN4O2S2/c24-15-5-7-16(8-6-15)27-9-11-28(12-10-27)20(29)14-31-13-19-25-22(30)21-17-3-1-2-4-18(17)32-23(21)26-19/h5-8H,1-4,9-14H2,(H,25,26,30). The third-order valence-electron chi connectivity index (χ3n) is 6.16. The van der Waals surface area contributed by atoms with Gasteiger partial charge in [0, 0.05) is 36.7 Å². The first-order valence-corrected chi connectivity index (χ1v) is 12.9. The molecule has 1 saturated heterocycles. The highest BCUT2D eigenvalue weighted by Gasteiger charge is 2.22. The number of amides is 1. The molecule has 0 saturated carbocycles. The quantitative estimate of drug-likeness (QED) is 0.615. The molecular weight excluding hydrogens is 447 g/mol. The van der Waals surface area contributed by atoms with E-state index in [1.54, 1.807) is 23.5 Å². The molecule has 168 valence electrons. The molecule has 0 unspecified atom stereocenters. The number of aromatic amines is 1. The van der Waals surface area contributed by atoms with Crippen molar-refractivity contribution in [2.75, 3.05) is 36.8 Å². The number of anilines is 1. The predicted molar refractivity (Wildman–Crippen MR) is 128 cm³/mol. The van der Waals surface area contributed by atoms with Crippen molar-refractivity contribution in [3.05, 3.63) is 56.7 Å². The number of piperazine rings is 1. The summed E-state index contributed by atoms with van der Waals surface area (Å²) in [6.07, 6.45) is 4.33. The average molecular weight is 473 g/mol. The van der Waals surface area contributed by atoms with Crippen LogP contribution in [0.15, 0.2) is 29.1 Å². The zero-order chi connectivity index (χ0) is 22.1. The Labute approximate surface area is 193 Å². The van der Waals surface area contributed by atoms with Crippen molar-refractivity contribution in [2.24, 2.45) is 0 Å². The van der Waals surface area contributed by atoms with E-state index in [9.17, 15) is 14.0 Å². The molecule has 32 heavy (non-hydrogen) atoms. The van der Waals surface area contributed by atoms with Gasteiger partial charge in [-0.15, -0.1) is 23.1 Å². The molecule has 2 aliphatic rings. The number of aromatic nitrogens is 2. The van der Waals surface area contributed by atoms with E-state index in [0.29, 0.717) is 30.4 Å². The summed E-state index contributed by atoms with van der Waals surface area (Å²) in [5.41, 5.74) is 2.13. The molecule has 1 N–H and O–H groups in total. The second kappa shape index (κ2) is 9.23. The predicted octanol–water partition coefficient (Wildman–Crippen LogP) is 3.58. The first kappa shape index (κ1) is 21.5. The fraction of sp³-hybridized carbons (Fsp3) is 0.435. The van der Waals surface area contributed by atoms with E-state index in [0.717, 1.165) is 48.3 Å². The summed E-state index contributed by atoms with van der Waals surface area (Å²) in [6, 6.07) is 6.48. The number of H-pyrrole nitrogens is 1. The zero-order valence-corrected chi connectivity index (χ0v) is 19.4. The van der Waals surface area contributed by atoms with E-state index in [1.165, 1.54) is 40.8 Å². The van der Waals surface area contributed by atoms with E-state index >= 15 is 0 Å². The molecule has 6 nitrogen and oxygen atoms in total. The lowest BCUT2D eigenvalue weighted by Crippen LogP contribution is -2.49. The first-order valence-electron chi connectivity index (χ1n) is 11.0. The van der Waals surface area contributed by atoms with Crippen molar-refractivity contribution in [1.29, 1.82) is 0 Å². The molecule has 1 aliphatic carbocycles. The Bertz CT molecular complexity index is 1180. The SMILES string of the molecule is O=C(CSCc1nc2sc3c(c2c(=O)[nH]1)CCCC3)N1CCN(c2ccc(F)cc2)CC1. The monoisotopic (exact) mass is 472 g/mol. The molecule has 0 atom stereocenters. The van der Waals surface area contributed by atoms with Crippen molar-refractivity contribution in [3.8, 4) is 0 Å². The van der Waals surface area contributed by atoms with E-state index in [-0.39, 0.29) is 17.3 Å². The number of hydrogen-bond donors (Lipinski definition) is 1. The van der Waals surface area contributed by atoms with Crippen LogP contribution in [0.1, 0.15) is 29.1 Å². The van der Waals surface area contributed by atoms with Crippen LogP contribution in [-0.2, 0) is 23.4 Å². The Hall–Kier alpha value is -2.39. The summed E-state index contributed by atoms with van der Waals surface area (Å²) in [5.74, 6) is 1.37. The van der Waals surface area contributed by atoms with E-state index in [1.807, 2.05) is 4.90 Å². The van der Waals surface area contributed by atoms with Gasteiger partial charge in [-0.2, -0.15) is 0 Å². The number of nitrogens with one attached hydrogen (secondary N) is 1. The van der Waals surface area contributed by atoms with Gasteiger partial charge in [-0.3, -0.25) is 9.59 Å². The van der Waals surface area contributed by atoms with Gasteiger partial charge >= 0.3 is 0 Å². The fourth-order valence-corrected chi connectivity index (χ4v) is 6.54. The minimum Gasteiger partial charge on any atom is -0.368 e. The molecule has 0 radical (unpaired) electrons. The average Bonchev–Trinajstić information content (AvgIpc) is 3.18. The molecule has 2 aromatic heterocycles. The summed E-state index contributed by atoms with van der Waals surface area (Å²) in [4.78, 5) is 39.1. The number of rotatable bonds is 5. The summed E-state index contributed by atoms with van der Waals surface area (Å²) < 4.78 is 13.1. The highest BCUT2D eigenvalue weighted by atomic mass is 32.2. The summed E-state index contributed by atoms with van der Waals surface area (Å²) in [7, 11) is 0. The number of thioether (sulfide) groups is 1. The van der Waals surface area contributed by atoms with Crippen LogP contribution in [0, 0.1) is 5.82 Å². The lowest BCUT2D eigenvalue weighted by molar-refractivity contribution is -0.128. The molecule has 9 heteroatoms. The van der Waals surface area contributed by atoms with Crippen LogP contribution in [0.4, 0.5) is 10.1 Å². The molecular formula is C23H25FN4O2S2. The highest BCUT2D eigenvalue weighted by Crippen LogP contribution is 2.33. The molecule has 0 bridgehead atoms. The lowest BCUT2D eigenvalue weighted by Gasteiger charge is -2.36. The normalized spacial score (nSPS) is 16.4. The third-order valence-corrected chi connectivity index (χ3v) is 8.28. The van der Waals surface area contributed by atoms with Crippen LogP contribution in [0.3, 0.4) is 0 Å². The zero-order valence-electron chi connectivity index (χ0n) is 17.7. The van der Waals surface area contributed by atoms with Crippen LogP contribution < -0.4 is 10.5 Å². The van der Waals surface area contributed by atoms with E-state index < -0.39 is 0 Å². The summed E-state index contributed by atoms with van der Waals surface area (Å²) in [6.45, 7) is 2.77. The van der Waals surface area contributed by atoms with Gasteiger partial charge in [0.15, 0.2) is 0 Å². The molecule has 3 heterocycles. The van der Waals surface area contributed by atoms with Crippen molar-refractivity contribution in [1.82, 2.24) is 14.9 Å². The number of carbonyl (C=O) groups is 1. The first-order chi connectivity index (χ1) is 15.6. The molecule has 0 spiro atoms. The maximum Gasteiger partial charge on any atom is 0.259 e. The highest BCUT2D eigenvalue weighted by molar-refractivity contribution is 7.99. The van der Waals surface area contributed by atoms with E-state index in [4.69, 9.17) is 0 Å². The number of nitrogens with zero attached hydrogens (tertiary/aromatic N) is 3. The molecule has 1 fully saturated rings. The number of fused-ring (bicyclic) bond motifs is 3. The van der Waals surface area contributed by atoms with Crippen LogP contribution >= 0.6 is 23.1 Å². The minimum atomic E-state index is -0.242. The number of hydrogen-bond acceptors (Lipinski definition) is 6. The Morgan fingerprint density at radius 3 is 2.66 bits per heavy atom. The maximum atomic E-state index is 13.1. The summed E-state index contributed by atoms with van der Waals surface area (Å²) in [5, 5.41) is 0.772. The van der Waals surface area contributed by atoms with Crippen molar-refractivity contribution < 1.29 is 9.18 Å². The Kier molecular flexibility index (Phi) is 6.19. The second-order valence-electron chi connectivity index (χ2n) is 8.24. The van der Waals surface area contributed by atoms with Gasteiger partial charge in [-0.1, -0.05) is 0 Å². The van der Waals surface area contributed by atoms with Crippen LogP contribution in [-0.4, -0.2) is 52.7 Å². The topological polar surface area (TPSA) is 69.3 Å². The number of thiophene rings is 1. The minimum absolute atomic E-state index is 0.0479. The third kappa shape index (κ3) is 4.41. The van der Waals surface area contributed by atoms with Gasteiger partial charge in [-0.05, 0) is 55.5 Å². The smallest absolute Gasteiger partial charge is 0.259 e. The Morgan fingerprint density at radius 1 is 1.12 bits per heavy atom. The number of carbonyl (C=O) groups excluding carboxylic acids is 1. The fourth-order valence-electron chi connectivity index (χ4n) is 4.47. The van der Waals surface area contributed by atoms with Crippen molar-refractivity contribution in [2.45, 2.75) is 31.4 Å². The Balaban J connectivity index is 1.15. The summed E-state index contributed by atoms with van der Waals surface area (Å²) >= 11 is 3.13. The number of aryl methyl sites for hydroxylation is 2. The molecule has 1 aromatic carbocycles. The van der Waals surface area contributed by atoms with Gasteiger partial charge in [0.1, 0.15) is 16.5 Å². The van der Waals surface area contributed by atoms with Crippen molar-refractivity contribution >= 4 is 44.9 Å². The second-order valence-corrected chi connectivity index (χ2v) is 10.3. The van der Waals surface area contributed by atoms with Crippen LogP contribution in [0.2, 0.25) is 0 Å². The number of benzene rings is 1. The Morgan fingerprint density at radius 2 is 1.88 bits per heavy atom. The number of halogens is 1. The molecule has 5 rings (SSSR count). The van der Waals surface area contributed by atoms with Gasteiger partial charge in [0.25, 0.3) is 5.56 Å². The largest absolute Gasteiger partial charge is 0.368 e. The van der Waals surface area contributed by atoms with Crippen LogP contribution in [0.25, 0.3) is 10.2 Å². The lowest BCUT2D eigenvalue weighted by atomic mass is 9.97.